The summed E-state index contributed by atoms with van der Waals surface area (Å²) in [6.07, 6.45) is 1.74. The van der Waals surface area contributed by atoms with Crippen molar-refractivity contribution in [1.82, 2.24) is 20.1 Å². The zero-order valence-corrected chi connectivity index (χ0v) is 15.3. The number of amides is 1. The highest BCUT2D eigenvalue weighted by molar-refractivity contribution is 7.20. The van der Waals surface area contributed by atoms with Crippen molar-refractivity contribution in [3.63, 3.8) is 0 Å². The van der Waals surface area contributed by atoms with Crippen molar-refractivity contribution >= 4 is 27.5 Å². The lowest BCUT2D eigenvalue weighted by Gasteiger charge is -2.18. The van der Waals surface area contributed by atoms with Gasteiger partial charge in [-0.25, -0.2) is 0 Å². The molecule has 1 N–H and O–H groups in total. The summed E-state index contributed by atoms with van der Waals surface area (Å²) in [7, 11) is 1.90. The smallest absolute Gasteiger partial charge is 0.262 e. The predicted molar refractivity (Wildman–Crippen MR) is 103 cm³/mol. The van der Waals surface area contributed by atoms with E-state index >= 15 is 0 Å². The zero-order valence-electron chi connectivity index (χ0n) is 14.5. The number of carbonyl (C=O) groups is 1. The van der Waals surface area contributed by atoms with E-state index in [9.17, 15) is 4.79 Å². The van der Waals surface area contributed by atoms with Crippen molar-refractivity contribution in [3.8, 4) is 0 Å². The number of nitrogens with one attached hydrogen (secondary N) is 1. The Balaban J connectivity index is 1.68. The van der Waals surface area contributed by atoms with E-state index in [0.717, 1.165) is 27.2 Å². The molecule has 5 nitrogen and oxygen atoms in total. The Kier molecular flexibility index (Phi) is 4.26. The van der Waals surface area contributed by atoms with Crippen LogP contribution in [0.15, 0.2) is 60.8 Å². The first-order valence-electron chi connectivity index (χ1n) is 8.33. The van der Waals surface area contributed by atoms with E-state index in [1.807, 2.05) is 73.3 Å². The maximum Gasteiger partial charge on any atom is 0.262 e. The number of fused-ring (bicyclic) bond motifs is 1. The van der Waals surface area contributed by atoms with E-state index in [2.05, 4.69) is 15.4 Å². The first kappa shape index (κ1) is 16.5. The van der Waals surface area contributed by atoms with Gasteiger partial charge in [0.1, 0.15) is 4.83 Å². The number of nitrogens with zero attached hydrogens (tertiary/aromatic N) is 3. The van der Waals surface area contributed by atoms with Crippen molar-refractivity contribution in [1.29, 1.82) is 0 Å². The van der Waals surface area contributed by atoms with Crippen LogP contribution in [0.5, 0.6) is 0 Å². The second-order valence-electron chi connectivity index (χ2n) is 6.11. The second kappa shape index (κ2) is 6.72. The summed E-state index contributed by atoms with van der Waals surface area (Å²) in [5.41, 5.74) is 2.74. The van der Waals surface area contributed by atoms with Crippen LogP contribution in [0.25, 0.3) is 10.2 Å². The fourth-order valence-electron chi connectivity index (χ4n) is 3.04. The van der Waals surface area contributed by atoms with Gasteiger partial charge in [0.25, 0.3) is 5.91 Å². The van der Waals surface area contributed by atoms with E-state index in [1.54, 1.807) is 6.20 Å². The Labute approximate surface area is 155 Å². The highest BCUT2D eigenvalue weighted by Gasteiger charge is 2.21. The van der Waals surface area contributed by atoms with Crippen LogP contribution in [-0.4, -0.2) is 20.7 Å². The number of aryl methyl sites for hydroxylation is 2. The third-order valence-corrected chi connectivity index (χ3v) is 5.51. The molecule has 26 heavy (non-hydrogen) atoms. The van der Waals surface area contributed by atoms with Crippen LogP contribution in [0.2, 0.25) is 0 Å². The number of hydrogen-bond donors (Lipinski definition) is 1. The van der Waals surface area contributed by atoms with Crippen LogP contribution in [0.4, 0.5) is 0 Å². The molecular weight excluding hydrogens is 344 g/mol. The molecule has 0 bridgehead atoms. The van der Waals surface area contributed by atoms with Crippen LogP contribution in [0, 0.1) is 6.92 Å². The van der Waals surface area contributed by atoms with Crippen molar-refractivity contribution in [2.75, 3.05) is 0 Å². The highest BCUT2D eigenvalue weighted by atomic mass is 32.1. The molecule has 6 heteroatoms. The van der Waals surface area contributed by atoms with Gasteiger partial charge in [0.15, 0.2) is 0 Å². The quantitative estimate of drug-likeness (QED) is 0.600. The summed E-state index contributed by atoms with van der Waals surface area (Å²) < 4.78 is 1.82. The number of aromatic nitrogens is 3. The summed E-state index contributed by atoms with van der Waals surface area (Å²) >= 11 is 1.45. The molecule has 3 heterocycles. The number of carbonyl (C=O) groups excluding carboxylic acids is 1. The molecule has 0 saturated carbocycles. The van der Waals surface area contributed by atoms with Gasteiger partial charge in [-0.05, 0) is 30.7 Å². The lowest BCUT2D eigenvalue weighted by atomic mass is 10.0. The standard InChI is InChI=1S/C20H18N4OS/c1-13-15-12-17(26-20(15)24(2)23-13)19(25)22-18(14-8-4-3-5-9-14)16-10-6-7-11-21-16/h3-12,18H,1-2H3,(H,22,25)/t18-/m1/s1. The first-order chi connectivity index (χ1) is 12.6. The second-order valence-corrected chi connectivity index (χ2v) is 7.14. The van der Waals surface area contributed by atoms with E-state index in [0.29, 0.717) is 4.88 Å². The Hall–Kier alpha value is -2.99. The number of benzene rings is 1. The lowest BCUT2D eigenvalue weighted by Crippen LogP contribution is -2.29. The molecule has 1 aromatic carbocycles. The third kappa shape index (κ3) is 2.99. The molecule has 4 aromatic rings. The molecule has 4 rings (SSSR count). The number of hydrogen-bond acceptors (Lipinski definition) is 4. The van der Waals surface area contributed by atoms with Crippen LogP contribution in [0.1, 0.15) is 32.7 Å². The molecule has 0 fully saturated rings. The molecule has 1 atom stereocenters. The normalized spacial score (nSPS) is 12.2. The van der Waals surface area contributed by atoms with E-state index in [4.69, 9.17) is 0 Å². The van der Waals surface area contributed by atoms with Gasteiger partial charge in [0.2, 0.25) is 0 Å². The number of thiophene rings is 1. The Morgan fingerprint density at radius 3 is 2.62 bits per heavy atom. The Morgan fingerprint density at radius 1 is 1.15 bits per heavy atom. The SMILES string of the molecule is Cc1nn(C)c2sc(C(=O)N[C@H](c3ccccc3)c3ccccn3)cc12. The predicted octanol–water partition coefficient (Wildman–Crippen LogP) is 3.86. The largest absolute Gasteiger partial charge is 0.339 e. The van der Waals surface area contributed by atoms with Crippen molar-refractivity contribution in [3.05, 3.63) is 82.6 Å². The van der Waals surface area contributed by atoms with Gasteiger partial charge in [0.05, 0.1) is 22.3 Å². The monoisotopic (exact) mass is 362 g/mol. The molecule has 0 aliphatic carbocycles. The molecule has 0 aliphatic heterocycles. The van der Waals surface area contributed by atoms with E-state index in [-0.39, 0.29) is 11.9 Å². The average molecular weight is 362 g/mol. The van der Waals surface area contributed by atoms with Gasteiger partial charge in [-0.3, -0.25) is 14.5 Å². The van der Waals surface area contributed by atoms with E-state index in [1.165, 1.54) is 11.3 Å². The summed E-state index contributed by atoms with van der Waals surface area (Å²) in [4.78, 5) is 19.0. The minimum Gasteiger partial charge on any atom is -0.339 e. The molecule has 3 aromatic heterocycles. The van der Waals surface area contributed by atoms with Crippen molar-refractivity contribution in [2.45, 2.75) is 13.0 Å². The molecule has 0 radical (unpaired) electrons. The van der Waals surface area contributed by atoms with Gasteiger partial charge in [-0.1, -0.05) is 36.4 Å². The molecular formula is C20H18N4OS. The van der Waals surface area contributed by atoms with Gasteiger partial charge in [-0.15, -0.1) is 11.3 Å². The minimum absolute atomic E-state index is 0.106. The van der Waals surface area contributed by atoms with Gasteiger partial charge < -0.3 is 5.32 Å². The summed E-state index contributed by atoms with van der Waals surface area (Å²) in [5, 5.41) is 8.55. The summed E-state index contributed by atoms with van der Waals surface area (Å²) in [6, 6.07) is 17.2. The van der Waals surface area contributed by atoms with E-state index < -0.39 is 0 Å². The minimum atomic E-state index is -0.297. The van der Waals surface area contributed by atoms with Gasteiger partial charge >= 0.3 is 0 Å². The third-order valence-electron chi connectivity index (χ3n) is 4.31. The molecule has 1 amide bonds. The van der Waals surface area contributed by atoms with Crippen LogP contribution in [0.3, 0.4) is 0 Å². The molecule has 0 aliphatic rings. The van der Waals surface area contributed by atoms with Crippen molar-refractivity contribution in [2.24, 2.45) is 7.05 Å². The fraction of sp³-hybridized carbons (Fsp3) is 0.150. The molecule has 0 spiro atoms. The average Bonchev–Trinajstić information content (AvgIpc) is 3.23. The Morgan fingerprint density at radius 2 is 1.92 bits per heavy atom. The zero-order chi connectivity index (χ0) is 18.1. The van der Waals surface area contributed by atoms with Crippen molar-refractivity contribution < 1.29 is 4.79 Å². The molecule has 0 saturated heterocycles. The summed E-state index contributed by atoms with van der Waals surface area (Å²) in [5.74, 6) is -0.106. The maximum atomic E-state index is 12.9. The molecule has 0 unspecified atom stereocenters. The van der Waals surface area contributed by atoms with Gasteiger partial charge in [-0.2, -0.15) is 5.10 Å². The highest BCUT2D eigenvalue weighted by Crippen LogP contribution is 2.28. The van der Waals surface area contributed by atoms with Crippen LogP contribution in [-0.2, 0) is 7.05 Å². The van der Waals surface area contributed by atoms with Crippen LogP contribution >= 0.6 is 11.3 Å². The summed E-state index contributed by atoms with van der Waals surface area (Å²) in [6.45, 7) is 1.96. The topological polar surface area (TPSA) is 59.8 Å². The van der Waals surface area contributed by atoms with Crippen LogP contribution < -0.4 is 5.32 Å². The maximum absolute atomic E-state index is 12.9. The fourth-order valence-corrected chi connectivity index (χ4v) is 4.07. The Bertz CT molecular complexity index is 980. The first-order valence-corrected chi connectivity index (χ1v) is 9.15. The van der Waals surface area contributed by atoms with Gasteiger partial charge in [0, 0.05) is 18.6 Å². The lowest BCUT2D eigenvalue weighted by molar-refractivity contribution is 0.0946. The number of pyridine rings is 1. The molecule has 130 valence electrons. The number of rotatable bonds is 4.